The summed E-state index contributed by atoms with van der Waals surface area (Å²) in [6.07, 6.45) is 79.6. The average molecular weight is 986 g/mol. The number of carbonyl (C=O) groups is 3. The molecule has 0 N–H and O–H groups in total. The largest absolute Gasteiger partial charge is 0.462 e. The van der Waals surface area contributed by atoms with E-state index in [4.69, 9.17) is 14.2 Å². The van der Waals surface area contributed by atoms with Crippen molar-refractivity contribution in [1.29, 1.82) is 0 Å². The molecule has 0 rings (SSSR count). The predicted molar refractivity (Wildman–Crippen MR) is 307 cm³/mol. The van der Waals surface area contributed by atoms with Gasteiger partial charge in [0.15, 0.2) is 6.10 Å². The fourth-order valence-electron chi connectivity index (χ4n) is 7.87. The second-order valence-corrected chi connectivity index (χ2v) is 19.2. The highest BCUT2D eigenvalue weighted by Gasteiger charge is 2.19. The van der Waals surface area contributed by atoms with Crippen LogP contribution in [-0.4, -0.2) is 37.2 Å². The lowest BCUT2D eigenvalue weighted by molar-refractivity contribution is -0.166. The van der Waals surface area contributed by atoms with Crippen LogP contribution in [0.4, 0.5) is 0 Å². The van der Waals surface area contributed by atoms with Crippen molar-refractivity contribution in [2.24, 2.45) is 0 Å². The Hall–Kier alpha value is -3.93. The molecule has 1 unspecified atom stereocenters. The van der Waals surface area contributed by atoms with Crippen LogP contribution in [0.2, 0.25) is 0 Å². The molecule has 0 amide bonds. The lowest BCUT2D eigenvalue weighted by Gasteiger charge is -2.18. The molecule has 1 atom stereocenters. The molecular formula is C65H108O6. The molecule has 0 spiro atoms. The van der Waals surface area contributed by atoms with Crippen molar-refractivity contribution in [2.45, 2.75) is 271 Å². The Morgan fingerprint density at radius 3 is 1.03 bits per heavy atom. The number of esters is 3. The van der Waals surface area contributed by atoms with E-state index in [2.05, 4.69) is 118 Å². The van der Waals surface area contributed by atoms with Gasteiger partial charge in [-0.2, -0.15) is 0 Å². The Kier molecular flexibility index (Phi) is 55.4. The van der Waals surface area contributed by atoms with E-state index in [0.29, 0.717) is 12.8 Å². The first-order chi connectivity index (χ1) is 35.0. The molecule has 6 heteroatoms. The molecule has 0 saturated carbocycles. The van der Waals surface area contributed by atoms with Crippen LogP contribution in [0.25, 0.3) is 0 Å². The normalized spacial score (nSPS) is 12.9. The third-order valence-electron chi connectivity index (χ3n) is 12.3. The molecular weight excluding hydrogens is 877 g/mol. The smallest absolute Gasteiger partial charge is 0.309 e. The molecule has 0 aromatic carbocycles. The Bertz CT molecular complexity index is 1460. The lowest BCUT2D eigenvalue weighted by Crippen LogP contribution is -2.30. The second kappa shape index (κ2) is 58.6. The van der Waals surface area contributed by atoms with E-state index in [0.717, 1.165) is 96.3 Å². The number of hydrogen-bond acceptors (Lipinski definition) is 6. The van der Waals surface area contributed by atoms with Crippen LogP contribution in [0.3, 0.4) is 0 Å². The van der Waals surface area contributed by atoms with Crippen molar-refractivity contribution in [2.75, 3.05) is 13.2 Å². The van der Waals surface area contributed by atoms with Crippen molar-refractivity contribution in [1.82, 2.24) is 0 Å². The van der Waals surface area contributed by atoms with Gasteiger partial charge in [0.25, 0.3) is 0 Å². The second-order valence-electron chi connectivity index (χ2n) is 19.2. The molecule has 0 aromatic rings. The monoisotopic (exact) mass is 985 g/mol. The molecule has 404 valence electrons. The van der Waals surface area contributed by atoms with Crippen molar-refractivity contribution in [3.63, 3.8) is 0 Å². The molecule has 0 aliphatic rings. The van der Waals surface area contributed by atoms with E-state index in [1.807, 2.05) is 6.08 Å². The number of ether oxygens (including phenoxy) is 3. The highest BCUT2D eigenvalue weighted by molar-refractivity contribution is 5.72. The van der Waals surface area contributed by atoms with Gasteiger partial charge in [0.05, 0.1) is 6.42 Å². The average Bonchev–Trinajstić information content (AvgIpc) is 3.37. The number of carbonyl (C=O) groups excluding carboxylic acids is 3. The van der Waals surface area contributed by atoms with Gasteiger partial charge in [-0.3, -0.25) is 14.4 Å². The fourth-order valence-corrected chi connectivity index (χ4v) is 7.87. The minimum absolute atomic E-state index is 0.117. The summed E-state index contributed by atoms with van der Waals surface area (Å²) >= 11 is 0. The summed E-state index contributed by atoms with van der Waals surface area (Å²) in [6, 6.07) is 0. The molecule has 0 radical (unpaired) electrons. The quantitative estimate of drug-likeness (QED) is 0.0261. The third kappa shape index (κ3) is 56.9. The number of allylic oxidation sites excluding steroid dienone is 17. The zero-order valence-electron chi connectivity index (χ0n) is 46.2. The van der Waals surface area contributed by atoms with Gasteiger partial charge in [-0.05, 0) is 109 Å². The summed E-state index contributed by atoms with van der Waals surface area (Å²) in [7, 11) is 0. The SMILES string of the molecule is CC/C=C\C/C=C\C/C=C\C/C=C\C/C=C\CC(=O)OCC(COC(=O)CCCCCCCC/C=C\C/C=C\C/C=C\CCCCC)OC(=O)CCCCCCCCCCC/C=C\CCCCCCCC. The van der Waals surface area contributed by atoms with Crippen molar-refractivity contribution >= 4 is 17.9 Å². The molecule has 6 nitrogen and oxygen atoms in total. The van der Waals surface area contributed by atoms with Gasteiger partial charge in [-0.25, -0.2) is 0 Å². The summed E-state index contributed by atoms with van der Waals surface area (Å²) in [5, 5.41) is 0. The van der Waals surface area contributed by atoms with Gasteiger partial charge in [0.2, 0.25) is 0 Å². The van der Waals surface area contributed by atoms with Crippen molar-refractivity contribution in [3.05, 3.63) is 109 Å². The first kappa shape index (κ1) is 67.1. The maximum atomic E-state index is 12.9. The Balaban J connectivity index is 4.50. The molecule has 0 heterocycles. The minimum Gasteiger partial charge on any atom is -0.462 e. The highest BCUT2D eigenvalue weighted by atomic mass is 16.6. The predicted octanol–water partition coefficient (Wildman–Crippen LogP) is 19.9. The summed E-state index contributed by atoms with van der Waals surface area (Å²) < 4.78 is 16.8. The topological polar surface area (TPSA) is 78.9 Å². The molecule has 0 saturated heterocycles. The zero-order chi connectivity index (χ0) is 51.4. The minimum atomic E-state index is -0.827. The van der Waals surface area contributed by atoms with E-state index >= 15 is 0 Å². The standard InChI is InChI=1S/C65H108O6/c1-4-7-10-13-16-19-22-25-28-30-32-34-37-40-43-46-49-52-55-58-64(67)70-61-62(60-69-63(66)57-54-51-48-45-42-39-36-27-24-21-18-15-12-9-6-3)71-65(68)59-56-53-50-47-44-41-38-35-33-31-29-26-23-20-17-14-11-8-5-2/h9,12,16,18-19,21,25-29,32,34,36,42,45,51,54,62H,4-8,10-11,13-15,17,20,22-24,30-31,33,35,37-41,43-44,46-50,52-53,55-61H2,1-3H3/b12-9-,19-16-,21-18-,28-25-,29-26-,34-32-,36-27-,45-42-,54-51-. The van der Waals surface area contributed by atoms with Crippen LogP contribution in [0, 0.1) is 0 Å². The summed E-state index contributed by atoms with van der Waals surface area (Å²) in [6.45, 7) is 6.40. The van der Waals surface area contributed by atoms with Crippen LogP contribution in [-0.2, 0) is 28.6 Å². The summed E-state index contributed by atoms with van der Waals surface area (Å²) in [5.41, 5.74) is 0. The highest BCUT2D eigenvalue weighted by Crippen LogP contribution is 2.15. The zero-order valence-corrected chi connectivity index (χ0v) is 46.2. The Morgan fingerprint density at radius 2 is 0.606 bits per heavy atom. The molecule has 0 aromatic heterocycles. The van der Waals surface area contributed by atoms with Gasteiger partial charge >= 0.3 is 17.9 Å². The Labute approximate surface area is 438 Å². The number of hydrogen-bond donors (Lipinski definition) is 0. The summed E-state index contributed by atoms with van der Waals surface area (Å²) in [5.74, 6) is -1.06. The van der Waals surface area contributed by atoms with Gasteiger partial charge in [-0.15, -0.1) is 0 Å². The number of unbranched alkanes of at least 4 members (excludes halogenated alkanes) is 24. The van der Waals surface area contributed by atoms with Crippen LogP contribution in [0.15, 0.2) is 109 Å². The lowest BCUT2D eigenvalue weighted by atomic mass is 10.1. The summed E-state index contributed by atoms with van der Waals surface area (Å²) in [4.78, 5) is 38.1. The van der Waals surface area contributed by atoms with Crippen LogP contribution in [0.5, 0.6) is 0 Å². The molecule has 0 fully saturated rings. The van der Waals surface area contributed by atoms with Crippen molar-refractivity contribution < 1.29 is 28.6 Å². The van der Waals surface area contributed by atoms with E-state index in [1.54, 1.807) is 6.08 Å². The molecule has 71 heavy (non-hydrogen) atoms. The van der Waals surface area contributed by atoms with E-state index in [-0.39, 0.29) is 31.6 Å². The third-order valence-corrected chi connectivity index (χ3v) is 12.3. The van der Waals surface area contributed by atoms with Gasteiger partial charge < -0.3 is 14.2 Å². The maximum Gasteiger partial charge on any atom is 0.309 e. The van der Waals surface area contributed by atoms with E-state index in [1.165, 1.54) is 128 Å². The van der Waals surface area contributed by atoms with Gasteiger partial charge in [0.1, 0.15) is 13.2 Å². The maximum absolute atomic E-state index is 12.9. The Morgan fingerprint density at radius 1 is 0.310 bits per heavy atom. The van der Waals surface area contributed by atoms with Crippen LogP contribution in [0.1, 0.15) is 265 Å². The van der Waals surface area contributed by atoms with E-state index < -0.39 is 12.1 Å². The van der Waals surface area contributed by atoms with Crippen molar-refractivity contribution in [3.8, 4) is 0 Å². The number of rotatable bonds is 52. The van der Waals surface area contributed by atoms with Crippen LogP contribution < -0.4 is 0 Å². The van der Waals surface area contributed by atoms with Gasteiger partial charge in [-0.1, -0.05) is 246 Å². The first-order valence-electron chi connectivity index (χ1n) is 29.4. The van der Waals surface area contributed by atoms with Gasteiger partial charge in [0, 0.05) is 12.8 Å². The molecule has 0 bridgehead atoms. The van der Waals surface area contributed by atoms with E-state index in [9.17, 15) is 14.4 Å². The fraction of sp³-hybridized carbons (Fsp3) is 0.677. The van der Waals surface area contributed by atoms with Crippen LogP contribution >= 0.6 is 0 Å². The molecule has 0 aliphatic heterocycles. The molecule has 0 aliphatic carbocycles. The first-order valence-corrected chi connectivity index (χ1v) is 29.4.